The number of allylic oxidation sites excluding steroid dienone is 14. The average molecular weight is 1020 g/mol. The van der Waals surface area contributed by atoms with Crippen molar-refractivity contribution in [2.75, 3.05) is 13.2 Å². The van der Waals surface area contributed by atoms with Gasteiger partial charge in [-0.05, 0) is 116 Å². The first-order valence-corrected chi connectivity index (χ1v) is 31.1. The Kier molecular flexibility index (Phi) is 58.3. The van der Waals surface area contributed by atoms with Gasteiger partial charge in [-0.25, -0.2) is 0 Å². The number of rotatable bonds is 56. The second-order valence-corrected chi connectivity index (χ2v) is 20.6. The molecular formula is C67H116O6. The number of hydrogen-bond acceptors (Lipinski definition) is 6. The highest BCUT2D eigenvalue weighted by molar-refractivity contribution is 5.71. The molecule has 0 aliphatic heterocycles. The minimum absolute atomic E-state index is 0.0865. The van der Waals surface area contributed by atoms with Gasteiger partial charge >= 0.3 is 17.9 Å². The van der Waals surface area contributed by atoms with E-state index in [4.69, 9.17) is 14.2 Å². The topological polar surface area (TPSA) is 78.9 Å². The molecule has 0 fully saturated rings. The summed E-state index contributed by atoms with van der Waals surface area (Å²) in [7, 11) is 0. The lowest BCUT2D eigenvalue weighted by Gasteiger charge is -2.18. The fourth-order valence-electron chi connectivity index (χ4n) is 8.69. The molecule has 1 atom stereocenters. The number of carbonyl (C=O) groups is 3. The molecule has 0 aromatic heterocycles. The SMILES string of the molecule is CC/C=C\C/C=C\C/C=C\C/C=C\CCCCCCCCC(=O)OCC(COC(=O)CCCCCCCCC/C=C\C/C=C\CCCCC)OC(=O)CCCCCCCCC/C=C\CCCCCCCCCC. The van der Waals surface area contributed by atoms with Crippen LogP contribution in [0.2, 0.25) is 0 Å². The molecule has 0 saturated carbocycles. The molecule has 0 spiro atoms. The normalized spacial score (nSPS) is 12.6. The highest BCUT2D eigenvalue weighted by Gasteiger charge is 2.19. The molecule has 0 aliphatic carbocycles. The Morgan fingerprint density at radius 1 is 0.288 bits per heavy atom. The fraction of sp³-hybridized carbons (Fsp3) is 0.746. The molecule has 0 N–H and O–H groups in total. The number of carbonyl (C=O) groups excluding carboxylic acids is 3. The van der Waals surface area contributed by atoms with Crippen molar-refractivity contribution in [1.82, 2.24) is 0 Å². The lowest BCUT2D eigenvalue weighted by molar-refractivity contribution is -0.167. The lowest BCUT2D eigenvalue weighted by atomic mass is 10.1. The molecule has 0 heterocycles. The Bertz CT molecular complexity index is 1400. The molecule has 1 unspecified atom stereocenters. The number of hydrogen-bond donors (Lipinski definition) is 0. The van der Waals surface area contributed by atoms with E-state index in [0.29, 0.717) is 19.3 Å². The third-order valence-electron chi connectivity index (χ3n) is 13.4. The van der Waals surface area contributed by atoms with Gasteiger partial charge in [0.1, 0.15) is 13.2 Å². The van der Waals surface area contributed by atoms with Gasteiger partial charge in [-0.15, -0.1) is 0 Å². The van der Waals surface area contributed by atoms with E-state index in [1.165, 1.54) is 161 Å². The molecule has 0 amide bonds. The van der Waals surface area contributed by atoms with Crippen molar-refractivity contribution < 1.29 is 28.6 Å². The van der Waals surface area contributed by atoms with E-state index >= 15 is 0 Å². The Morgan fingerprint density at radius 2 is 0.534 bits per heavy atom. The predicted octanol–water partition coefficient (Wildman–Crippen LogP) is 21.1. The molecule has 0 aromatic rings. The van der Waals surface area contributed by atoms with Gasteiger partial charge in [0.15, 0.2) is 6.10 Å². The summed E-state index contributed by atoms with van der Waals surface area (Å²) in [6.07, 6.45) is 80.0. The molecule has 0 aromatic carbocycles. The summed E-state index contributed by atoms with van der Waals surface area (Å²) < 4.78 is 16.9. The van der Waals surface area contributed by atoms with Crippen LogP contribution in [0.3, 0.4) is 0 Å². The predicted molar refractivity (Wildman–Crippen MR) is 316 cm³/mol. The maximum absolute atomic E-state index is 12.9. The van der Waals surface area contributed by atoms with Crippen molar-refractivity contribution in [3.63, 3.8) is 0 Å². The van der Waals surface area contributed by atoms with Gasteiger partial charge < -0.3 is 14.2 Å². The van der Waals surface area contributed by atoms with E-state index in [-0.39, 0.29) is 31.1 Å². The first-order chi connectivity index (χ1) is 36.0. The third kappa shape index (κ3) is 59.3. The first-order valence-electron chi connectivity index (χ1n) is 31.1. The van der Waals surface area contributed by atoms with Crippen molar-refractivity contribution in [3.8, 4) is 0 Å². The van der Waals surface area contributed by atoms with Crippen molar-refractivity contribution >= 4 is 17.9 Å². The van der Waals surface area contributed by atoms with E-state index in [1.807, 2.05) is 0 Å². The van der Waals surface area contributed by atoms with Crippen LogP contribution in [0, 0.1) is 0 Å². The Labute approximate surface area is 452 Å². The zero-order chi connectivity index (χ0) is 52.9. The van der Waals surface area contributed by atoms with E-state index in [9.17, 15) is 14.4 Å². The van der Waals surface area contributed by atoms with Gasteiger partial charge in [-0.1, -0.05) is 254 Å². The molecular weight excluding hydrogens is 901 g/mol. The van der Waals surface area contributed by atoms with Crippen LogP contribution in [-0.2, 0) is 28.6 Å². The van der Waals surface area contributed by atoms with Crippen LogP contribution < -0.4 is 0 Å². The second-order valence-electron chi connectivity index (χ2n) is 20.6. The van der Waals surface area contributed by atoms with Crippen LogP contribution in [-0.4, -0.2) is 37.2 Å². The van der Waals surface area contributed by atoms with Crippen LogP contribution in [0.5, 0.6) is 0 Å². The zero-order valence-corrected chi connectivity index (χ0v) is 48.1. The summed E-state index contributed by atoms with van der Waals surface area (Å²) in [5, 5.41) is 0. The molecule has 0 saturated heterocycles. The van der Waals surface area contributed by atoms with Gasteiger partial charge in [-0.2, -0.15) is 0 Å². The molecule has 0 aliphatic rings. The zero-order valence-electron chi connectivity index (χ0n) is 48.1. The summed E-state index contributed by atoms with van der Waals surface area (Å²) >= 11 is 0. The van der Waals surface area contributed by atoms with Crippen LogP contribution in [0.4, 0.5) is 0 Å². The monoisotopic (exact) mass is 1020 g/mol. The van der Waals surface area contributed by atoms with Crippen LogP contribution in [0.25, 0.3) is 0 Å². The van der Waals surface area contributed by atoms with Crippen molar-refractivity contribution in [2.24, 2.45) is 0 Å². The quantitative estimate of drug-likeness (QED) is 0.0261. The van der Waals surface area contributed by atoms with Gasteiger partial charge in [0.2, 0.25) is 0 Å². The summed E-state index contributed by atoms with van der Waals surface area (Å²) in [5.74, 6) is -0.902. The third-order valence-corrected chi connectivity index (χ3v) is 13.4. The Balaban J connectivity index is 4.42. The lowest BCUT2D eigenvalue weighted by Crippen LogP contribution is -2.30. The molecule has 0 radical (unpaired) electrons. The number of ether oxygens (including phenoxy) is 3. The smallest absolute Gasteiger partial charge is 0.306 e. The molecule has 420 valence electrons. The molecule has 0 rings (SSSR count). The largest absolute Gasteiger partial charge is 0.462 e. The van der Waals surface area contributed by atoms with Crippen molar-refractivity contribution in [1.29, 1.82) is 0 Å². The maximum Gasteiger partial charge on any atom is 0.306 e. The van der Waals surface area contributed by atoms with Gasteiger partial charge in [0, 0.05) is 19.3 Å². The fourth-order valence-corrected chi connectivity index (χ4v) is 8.69. The standard InChI is InChI=1S/C67H116O6/c1-4-7-10-13-16-19-22-25-28-31-33-36-39-42-45-48-51-54-57-60-66(69)72-63-64(62-71-65(68)59-56-53-50-47-44-41-38-35-30-27-24-21-18-15-12-9-6-3)73-67(70)61-58-55-52-49-46-43-40-37-34-32-29-26-23-20-17-14-11-8-5-2/h7,10,16,18-19,21,25,27-28,30,32-34,36,64H,4-6,8-9,11-15,17,20,22-24,26,29,31,35,37-63H2,1-3H3/b10-7-,19-16-,21-18-,28-25-,30-27-,34-32-,36-33-. The van der Waals surface area contributed by atoms with Crippen LogP contribution in [0.15, 0.2) is 85.1 Å². The number of unbranched alkanes of at least 4 members (excludes halogenated alkanes) is 31. The first kappa shape index (κ1) is 69.6. The minimum atomic E-state index is -0.790. The summed E-state index contributed by atoms with van der Waals surface area (Å²) in [5.41, 5.74) is 0. The van der Waals surface area contributed by atoms with Crippen molar-refractivity contribution in [2.45, 2.75) is 309 Å². The highest BCUT2D eigenvalue weighted by atomic mass is 16.6. The highest BCUT2D eigenvalue weighted by Crippen LogP contribution is 2.15. The van der Waals surface area contributed by atoms with E-state index in [2.05, 4.69) is 106 Å². The van der Waals surface area contributed by atoms with Gasteiger partial charge in [0.25, 0.3) is 0 Å². The van der Waals surface area contributed by atoms with Crippen molar-refractivity contribution in [3.05, 3.63) is 85.1 Å². The van der Waals surface area contributed by atoms with E-state index in [0.717, 1.165) is 103 Å². The summed E-state index contributed by atoms with van der Waals surface area (Å²) in [6.45, 7) is 6.51. The molecule has 73 heavy (non-hydrogen) atoms. The Morgan fingerprint density at radius 3 is 0.877 bits per heavy atom. The number of esters is 3. The summed E-state index contributed by atoms with van der Waals surface area (Å²) in [6, 6.07) is 0. The molecule has 6 heteroatoms. The van der Waals surface area contributed by atoms with Gasteiger partial charge in [0.05, 0.1) is 0 Å². The van der Waals surface area contributed by atoms with E-state index in [1.54, 1.807) is 0 Å². The minimum Gasteiger partial charge on any atom is -0.462 e. The van der Waals surface area contributed by atoms with Crippen LogP contribution in [0.1, 0.15) is 303 Å². The van der Waals surface area contributed by atoms with Gasteiger partial charge in [-0.3, -0.25) is 14.4 Å². The molecule has 6 nitrogen and oxygen atoms in total. The summed E-state index contributed by atoms with van der Waals surface area (Å²) in [4.78, 5) is 38.3. The maximum atomic E-state index is 12.9. The Hall–Kier alpha value is -3.41. The second kappa shape index (κ2) is 61.1. The average Bonchev–Trinajstić information content (AvgIpc) is 3.39. The van der Waals surface area contributed by atoms with E-state index < -0.39 is 6.10 Å². The molecule has 0 bridgehead atoms. The van der Waals surface area contributed by atoms with Crippen LogP contribution >= 0.6 is 0 Å².